The fraction of sp³-hybridized carbons (Fsp3) is 0.273. The van der Waals surface area contributed by atoms with E-state index in [1.807, 2.05) is 24.3 Å². The average molecular weight is 337 g/mol. The summed E-state index contributed by atoms with van der Waals surface area (Å²) < 4.78 is 19.9. The van der Waals surface area contributed by atoms with E-state index < -0.39 is 0 Å². The molecule has 3 aromatic rings. The number of rotatable bonds is 7. The molecule has 0 aliphatic carbocycles. The Balaban J connectivity index is 1.89. The second kappa shape index (κ2) is 8.13. The predicted octanol–water partition coefficient (Wildman–Crippen LogP) is 5.45. The lowest BCUT2D eigenvalue weighted by Crippen LogP contribution is -2.24. The lowest BCUT2D eigenvalue weighted by atomic mass is 10.0. The largest absolute Gasteiger partial charge is 0.488 e. The maximum atomic E-state index is 13.9. The van der Waals surface area contributed by atoms with Crippen LogP contribution >= 0.6 is 0 Å². The summed E-state index contributed by atoms with van der Waals surface area (Å²) in [4.78, 5) is 0. The zero-order valence-electron chi connectivity index (χ0n) is 14.8. The Morgan fingerprint density at radius 2 is 1.76 bits per heavy atom. The molecule has 1 N–H and O–H groups in total. The van der Waals surface area contributed by atoms with E-state index in [4.69, 9.17) is 4.74 Å². The van der Waals surface area contributed by atoms with Gasteiger partial charge in [-0.1, -0.05) is 55.5 Å². The molecule has 0 saturated carbocycles. The number of ether oxygens (including phenoxy) is 1. The minimum absolute atomic E-state index is 0.224. The topological polar surface area (TPSA) is 21.3 Å². The van der Waals surface area contributed by atoms with Crippen LogP contribution in [0.2, 0.25) is 0 Å². The molecule has 3 rings (SSSR count). The Hall–Kier alpha value is -2.39. The van der Waals surface area contributed by atoms with Gasteiger partial charge in [0, 0.05) is 23.7 Å². The molecule has 0 radical (unpaired) electrons. The molecule has 0 amide bonds. The van der Waals surface area contributed by atoms with E-state index >= 15 is 0 Å². The Morgan fingerprint density at radius 3 is 2.56 bits per heavy atom. The third-order valence-electron chi connectivity index (χ3n) is 4.58. The first-order valence-corrected chi connectivity index (χ1v) is 8.79. The van der Waals surface area contributed by atoms with Crippen LogP contribution in [0.4, 0.5) is 4.39 Å². The number of benzene rings is 3. The van der Waals surface area contributed by atoms with Gasteiger partial charge in [-0.3, -0.25) is 0 Å². The van der Waals surface area contributed by atoms with Crippen molar-refractivity contribution in [3.05, 3.63) is 77.6 Å². The predicted molar refractivity (Wildman–Crippen MR) is 101 cm³/mol. The zero-order chi connectivity index (χ0) is 17.6. The van der Waals surface area contributed by atoms with E-state index in [-0.39, 0.29) is 12.4 Å². The van der Waals surface area contributed by atoms with Crippen LogP contribution in [0, 0.1) is 5.82 Å². The van der Waals surface area contributed by atoms with E-state index in [1.165, 1.54) is 16.8 Å². The van der Waals surface area contributed by atoms with Crippen molar-refractivity contribution in [2.75, 3.05) is 0 Å². The molecule has 0 aliphatic rings. The van der Waals surface area contributed by atoms with Gasteiger partial charge in [-0.15, -0.1) is 0 Å². The molecule has 0 spiro atoms. The highest BCUT2D eigenvalue weighted by Crippen LogP contribution is 2.29. The monoisotopic (exact) mass is 337 g/mol. The van der Waals surface area contributed by atoms with Gasteiger partial charge < -0.3 is 10.1 Å². The summed E-state index contributed by atoms with van der Waals surface area (Å²) in [6, 6.07) is 19.5. The van der Waals surface area contributed by atoms with Crippen LogP contribution < -0.4 is 10.1 Å². The molecule has 2 nitrogen and oxygen atoms in total. The first kappa shape index (κ1) is 17.4. The van der Waals surface area contributed by atoms with Crippen molar-refractivity contribution in [3.63, 3.8) is 0 Å². The SMILES string of the molecule is CCC(C)NCc1c(OCc2ccccc2F)ccc2ccccc12. The molecule has 25 heavy (non-hydrogen) atoms. The molecular weight excluding hydrogens is 313 g/mol. The first-order valence-electron chi connectivity index (χ1n) is 8.79. The van der Waals surface area contributed by atoms with Gasteiger partial charge in [-0.05, 0) is 36.2 Å². The van der Waals surface area contributed by atoms with Crippen molar-refractivity contribution in [2.45, 2.75) is 39.5 Å². The van der Waals surface area contributed by atoms with Crippen molar-refractivity contribution < 1.29 is 9.13 Å². The summed E-state index contributed by atoms with van der Waals surface area (Å²) in [7, 11) is 0. The number of halogens is 1. The van der Waals surface area contributed by atoms with E-state index in [0.29, 0.717) is 11.6 Å². The lowest BCUT2D eigenvalue weighted by molar-refractivity contribution is 0.296. The van der Waals surface area contributed by atoms with Crippen LogP contribution in [0.3, 0.4) is 0 Å². The van der Waals surface area contributed by atoms with Crippen molar-refractivity contribution in [1.82, 2.24) is 5.32 Å². The Labute approximate surface area is 148 Å². The van der Waals surface area contributed by atoms with Gasteiger partial charge in [0.05, 0.1) is 0 Å². The van der Waals surface area contributed by atoms with Gasteiger partial charge in [-0.2, -0.15) is 0 Å². The summed E-state index contributed by atoms with van der Waals surface area (Å²) in [6.45, 7) is 5.28. The molecule has 1 unspecified atom stereocenters. The molecule has 0 fully saturated rings. The molecule has 1 atom stereocenters. The molecule has 0 saturated heterocycles. The van der Waals surface area contributed by atoms with E-state index in [2.05, 4.69) is 37.4 Å². The van der Waals surface area contributed by atoms with Crippen molar-refractivity contribution in [3.8, 4) is 5.75 Å². The second-order valence-corrected chi connectivity index (χ2v) is 6.33. The van der Waals surface area contributed by atoms with Crippen molar-refractivity contribution in [1.29, 1.82) is 0 Å². The van der Waals surface area contributed by atoms with Gasteiger partial charge >= 0.3 is 0 Å². The van der Waals surface area contributed by atoms with E-state index in [9.17, 15) is 4.39 Å². The molecule has 0 aromatic heterocycles. The molecule has 130 valence electrons. The fourth-order valence-corrected chi connectivity index (χ4v) is 2.83. The Kier molecular flexibility index (Phi) is 5.67. The normalized spacial score (nSPS) is 12.3. The second-order valence-electron chi connectivity index (χ2n) is 6.33. The molecule has 3 aromatic carbocycles. The summed E-state index contributed by atoms with van der Waals surface area (Å²) in [5, 5.41) is 5.89. The van der Waals surface area contributed by atoms with Gasteiger partial charge in [-0.25, -0.2) is 4.39 Å². The number of fused-ring (bicyclic) bond motifs is 1. The summed E-state index contributed by atoms with van der Waals surface area (Å²) in [5.41, 5.74) is 1.69. The highest BCUT2D eigenvalue weighted by Gasteiger charge is 2.11. The fourth-order valence-electron chi connectivity index (χ4n) is 2.83. The minimum atomic E-state index is -0.234. The van der Waals surface area contributed by atoms with Gasteiger partial charge in [0.25, 0.3) is 0 Å². The molecular formula is C22H24FNO. The van der Waals surface area contributed by atoms with E-state index in [0.717, 1.165) is 24.3 Å². The highest BCUT2D eigenvalue weighted by molar-refractivity contribution is 5.87. The Bertz CT molecular complexity index is 846. The van der Waals surface area contributed by atoms with Gasteiger partial charge in [0.15, 0.2) is 0 Å². The van der Waals surface area contributed by atoms with Gasteiger partial charge in [0.1, 0.15) is 18.2 Å². The number of hydrogen-bond acceptors (Lipinski definition) is 2. The van der Waals surface area contributed by atoms with Crippen LogP contribution in [-0.4, -0.2) is 6.04 Å². The first-order chi connectivity index (χ1) is 12.2. The zero-order valence-corrected chi connectivity index (χ0v) is 14.8. The van der Waals surface area contributed by atoms with Crippen LogP contribution in [0.1, 0.15) is 31.4 Å². The minimum Gasteiger partial charge on any atom is -0.488 e. The molecule has 0 heterocycles. The third kappa shape index (κ3) is 4.18. The maximum Gasteiger partial charge on any atom is 0.129 e. The maximum absolute atomic E-state index is 13.9. The molecule has 3 heteroatoms. The average Bonchev–Trinajstić information content (AvgIpc) is 2.65. The summed E-state index contributed by atoms with van der Waals surface area (Å²) in [5.74, 6) is 0.570. The number of nitrogens with one attached hydrogen (secondary N) is 1. The van der Waals surface area contributed by atoms with Crippen molar-refractivity contribution >= 4 is 10.8 Å². The van der Waals surface area contributed by atoms with Crippen molar-refractivity contribution in [2.24, 2.45) is 0 Å². The quantitative estimate of drug-likeness (QED) is 0.619. The van der Waals surface area contributed by atoms with Crippen LogP contribution in [0.15, 0.2) is 60.7 Å². The van der Waals surface area contributed by atoms with Crippen LogP contribution in [-0.2, 0) is 13.2 Å². The summed E-state index contributed by atoms with van der Waals surface area (Å²) in [6.07, 6.45) is 1.07. The molecule has 0 bridgehead atoms. The smallest absolute Gasteiger partial charge is 0.129 e. The molecule has 0 aliphatic heterocycles. The van der Waals surface area contributed by atoms with E-state index in [1.54, 1.807) is 12.1 Å². The lowest BCUT2D eigenvalue weighted by Gasteiger charge is -2.17. The third-order valence-corrected chi connectivity index (χ3v) is 4.58. The van der Waals surface area contributed by atoms with Crippen LogP contribution in [0.5, 0.6) is 5.75 Å². The highest BCUT2D eigenvalue weighted by atomic mass is 19.1. The standard InChI is InChI=1S/C22H24FNO/c1-3-16(2)24-14-20-19-10-6-4-8-17(19)12-13-22(20)25-15-18-9-5-7-11-21(18)23/h4-13,16,24H,3,14-15H2,1-2H3. The van der Waals surface area contributed by atoms with Crippen LogP contribution in [0.25, 0.3) is 10.8 Å². The number of hydrogen-bond donors (Lipinski definition) is 1. The Morgan fingerprint density at radius 1 is 1.00 bits per heavy atom. The van der Waals surface area contributed by atoms with Gasteiger partial charge in [0.2, 0.25) is 0 Å². The summed E-state index contributed by atoms with van der Waals surface area (Å²) >= 11 is 0.